The molecule has 0 aliphatic carbocycles. The third-order valence-electron chi connectivity index (χ3n) is 1.65. The van der Waals surface area contributed by atoms with Crippen LogP contribution in [0.2, 0.25) is 0 Å². The number of hydrogen-bond donors (Lipinski definition) is 0. The van der Waals surface area contributed by atoms with E-state index in [4.69, 9.17) is 0 Å². The van der Waals surface area contributed by atoms with Gasteiger partial charge in [0.1, 0.15) is 0 Å². The average Bonchev–Trinajstić information content (AvgIpc) is 2.57. The van der Waals surface area contributed by atoms with E-state index in [-0.39, 0.29) is 5.17 Å². The first-order valence-electron chi connectivity index (χ1n) is 4.11. The molecule has 7 heteroatoms. The Morgan fingerprint density at radius 1 is 1.27 bits per heavy atom. The third-order valence-corrected chi connectivity index (χ3v) is 3.78. The Bertz CT molecular complexity index is 508. The van der Waals surface area contributed by atoms with Gasteiger partial charge in [-0.2, -0.15) is 8.42 Å². The fourth-order valence-corrected chi connectivity index (χ4v) is 2.68. The van der Waals surface area contributed by atoms with Gasteiger partial charge >= 0.3 is 9.06 Å². The molecule has 1 aliphatic rings. The molecule has 1 heterocycles. The zero-order chi connectivity index (χ0) is 10.7. The zero-order valence-corrected chi connectivity index (χ0v) is 9.20. The van der Waals surface area contributed by atoms with E-state index in [0.717, 1.165) is 5.56 Å². The first-order chi connectivity index (χ1) is 7.16. The number of amidine groups is 1. The second kappa shape index (κ2) is 4.11. The van der Waals surface area contributed by atoms with Crippen molar-refractivity contribution in [2.45, 2.75) is 6.54 Å². The molecule has 0 aromatic heterocycles. The van der Waals surface area contributed by atoms with Crippen molar-refractivity contribution >= 4 is 25.0 Å². The summed E-state index contributed by atoms with van der Waals surface area (Å²) < 4.78 is 24.8. The fourth-order valence-electron chi connectivity index (χ4n) is 1.01. The summed E-state index contributed by atoms with van der Waals surface area (Å²) in [6.07, 6.45) is 0. The standard InChI is InChI=1S/C8H7N3O2S2/c12-15(13)11-10-8(14-15)9-6-7-4-2-1-3-5-7/h1-5H,6H2. The van der Waals surface area contributed by atoms with Gasteiger partial charge in [-0.15, -0.1) is 5.11 Å². The SMILES string of the molecule is O=S1(=O)N=NC(=NCc2ccccc2)S1. The zero-order valence-electron chi connectivity index (χ0n) is 7.57. The lowest BCUT2D eigenvalue weighted by Gasteiger charge is -1.94. The Balaban J connectivity index is 2.06. The summed E-state index contributed by atoms with van der Waals surface area (Å²) in [6.45, 7) is 0.414. The highest BCUT2D eigenvalue weighted by atomic mass is 33.1. The predicted octanol–water partition coefficient (Wildman–Crippen LogP) is 1.99. The van der Waals surface area contributed by atoms with Gasteiger partial charge in [-0.05, 0) is 10.1 Å². The summed E-state index contributed by atoms with van der Waals surface area (Å²) in [5.74, 6) is 0. The number of nitrogens with zero attached hydrogens (tertiary/aromatic N) is 3. The molecule has 78 valence electrons. The summed E-state index contributed by atoms with van der Waals surface area (Å²) in [5.41, 5.74) is 1.00. The molecule has 0 bridgehead atoms. The maximum absolute atomic E-state index is 10.9. The Morgan fingerprint density at radius 2 is 2.00 bits per heavy atom. The Labute approximate surface area is 90.8 Å². The van der Waals surface area contributed by atoms with Crippen LogP contribution in [0.1, 0.15) is 5.56 Å². The minimum atomic E-state index is -3.46. The van der Waals surface area contributed by atoms with Crippen LogP contribution in [0, 0.1) is 0 Å². The lowest BCUT2D eigenvalue weighted by molar-refractivity contribution is 0.611. The summed E-state index contributed by atoms with van der Waals surface area (Å²) in [4.78, 5) is 4.03. The van der Waals surface area contributed by atoms with Crippen LogP contribution >= 0.6 is 10.8 Å². The van der Waals surface area contributed by atoms with E-state index in [1.54, 1.807) is 0 Å². The second-order valence-electron chi connectivity index (χ2n) is 2.78. The highest BCUT2D eigenvalue weighted by Gasteiger charge is 2.21. The summed E-state index contributed by atoms with van der Waals surface area (Å²) in [7, 11) is -2.88. The monoisotopic (exact) mass is 241 g/mol. The first-order valence-corrected chi connectivity index (χ1v) is 6.89. The highest BCUT2D eigenvalue weighted by molar-refractivity contribution is 8.77. The van der Waals surface area contributed by atoms with Crippen molar-refractivity contribution in [1.29, 1.82) is 0 Å². The van der Waals surface area contributed by atoms with Crippen LogP contribution in [0.25, 0.3) is 0 Å². The molecule has 1 aliphatic heterocycles. The van der Waals surface area contributed by atoms with Crippen molar-refractivity contribution in [3.8, 4) is 0 Å². The van der Waals surface area contributed by atoms with E-state index < -0.39 is 9.06 Å². The van der Waals surface area contributed by atoms with Crippen molar-refractivity contribution in [3.05, 3.63) is 35.9 Å². The van der Waals surface area contributed by atoms with E-state index in [9.17, 15) is 8.42 Å². The van der Waals surface area contributed by atoms with Crippen LogP contribution in [-0.2, 0) is 15.6 Å². The van der Waals surface area contributed by atoms with Gasteiger partial charge in [-0.25, -0.2) is 0 Å². The first kappa shape index (κ1) is 10.3. The quantitative estimate of drug-likeness (QED) is 0.743. The lowest BCUT2D eigenvalue weighted by atomic mass is 10.2. The Hall–Kier alpha value is -1.21. The van der Waals surface area contributed by atoms with Gasteiger partial charge in [0.2, 0.25) is 5.17 Å². The maximum atomic E-state index is 10.9. The molecule has 2 rings (SSSR count). The largest absolute Gasteiger partial charge is 0.332 e. The third kappa shape index (κ3) is 2.87. The molecule has 15 heavy (non-hydrogen) atoms. The number of aliphatic imine (C=N–C) groups is 1. The van der Waals surface area contributed by atoms with Crippen molar-refractivity contribution in [2.24, 2.45) is 14.6 Å². The van der Waals surface area contributed by atoms with Crippen LogP contribution in [0.4, 0.5) is 0 Å². The van der Waals surface area contributed by atoms with Gasteiger partial charge in [-0.3, -0.25) is 4.99 Å². The second-order valence-corrected chi connectivity index (χ2v) is 6.09. The topological polar surface area (TPSA) is 71.2 Å². The maximum Gasteiger partial charge on any atom is 0.332 e. The van der Waals surface area contributed by atoms with E-state index in [2.05, 4.69) is 14.6 Å². The number of benzene rings is 1. The summed E-state index contributed by atoms with van der Waals surface area (Å²) in [5, 5.41) is 3.65. The minimum Gasteiger partial charge on any atom is -0.254 e. The lowest BCUT2D eigenvalue weighted by Crippen LogP contribution is -1.87. The molecule has 0 fully saturated rings. The van der Waals surface area contributed by atoms with E-state index in [1.807, 2.05) is 30.3 Å². The van der Waals surface area contributed by atoms with Gasteiger partial charge in [0, 0.05) is 0 Å². The molecule has 0 radical (unpaired) electrons. The van der Waals surface area contributed by atoms with Crippen molar-refractivity contribution in [2.75, 3.05) is 0 Å². The average molecular weight is 241 g/mol. The van der Waals surface area contributed by atoms with E-state index >= 15 is 0 Å². The molecule has 1 aromatic carbocycles. The smallest absolute Gasteiger partial charge is 0.254 e. The van der Waals surface area contributed by atoms with Crippen LogP contribution in [0.5, 0.6) is 0 Å². The molecule has 0 atom stereocenters. The van der Waals surface area contributed by atoms with Crippen molar-refractivity contribution in [3.63, 3.8) is 0 Å². The van der Waals surface area contributed by atoms with Gasteiger partial charge in [0.15, 0.2) is 0 Å². The molecule has 0 amide bonds. The number of rotatable bonds is 2. The van der Waals surface area contributed by atoms with Crippen LogP contribution in [-0.4, -0.2) is 13.6 Å². The van der Waals surface area contributed by atoms with Crippen LogP contribution in [0.15, 0.2) is 45.0 Å². The molecule has 0 N–H and O–H groups in total. The van der Waals surface area contributed by atoms with Gasteiger partial charge in [0.25, 0.3) is 0 Å². The molecule has 1 aromatic rings. The predicted molar refractivity (Wildman–Crippen MR) is 58.9 cm³/mol. The van der Waals surface area contributed by atoms with E-state index in [0.29, 0.717) is 17.3 Å². The van der Waals surface area contributed by atoms with Crippen molar-refractivity contribution < 1.29 is 8.42 Å². The molecule has 0 unspecified atom stereocenters. The van der Waals surface area contributed by atoms with E-state index in [1.165, 1.54) is 0 Å². The fraction of sp³-hybridized carbons (Fsp3) is 0.125. The minimum absolute atomic E-state index is 0.193. The number of hydrogen-bond acceptors (Lipinski definition) is 4. The summed E-state index contributed by atoms with van der Waals surface area (Å²) in [6, 6.07) is 9.53. The van der Waals surface area contributed by atoms with Gasteiger partial charge < -0.3 is 0 Å². The Morgan fingerprint density at radius 3 is 2.60 bits per heavy atom. The molecular formula is C8H7N3O2S2. The highest BCUT2D eigenvalue weighted by Crippen LogP contribution is 2.25. The summed E-state index contributed by atoms with van der Waals surface area (Å²) >= 11 is 0. The van der Waals surface area contributed by atoms with Crippen molar-refractivity contribution in [1.82, 2.24) is 0 Å². The van der Waals surface area contributed by atoms with Gasteiger partial charge in [0.05, 0.1) is 17.3 Å². The molecule has 5 nitrogen and oxygen atoms in total. The molecular weight excluding hydrogens is 234 g/mol. The molecule has 0 saturated heterocycles. The van der Waals surface area contributed by atoms with Gasteiger partial charge in [-0.1, -0.05) is 30.3 Å². The van der Waals surface area contributed by atoms with Crippen LogP contribution < -0.4 is 0 Å². The molecule has 0 spiro atoms. The normalized spacial score (nSPS) is 20.9. The molecule has 0 saturated carbocycles. The Kier molecular flexibility index (Phi) is 2.83. The van der Waals surface area contributed by atoms with Crippen LogP contribution in [0.3, 0.4) is 0 Å².